The van der Waals surface area contributed by atoms with Crippen molar-refractivity contribution in [3.05, 3.63) is 87.9 Å². The lowest BCUT2D eigenvalue weighted by Gasteiger charge is -2.17. The summed E-state index contributed by atoms with van der Waals surface area (Å²) in [6, 6.07) is 9.18. The number of anilines is 1. The van der Waals surface area contributed by atoms with E-state index in [-0.39, 0.29) is 22.6 Å². The molecule has 0 amide bonds. The summed E-state index contributed by atoms with van der Waals surface area (Å²) in [5, 5.41) is 11.0. The van der Waals surface area contributed by atoms with Crippen molar-refractivity contribution in [1.29, 1.82) is 0 Å². The normalized spacial score (nSPS) is 12.5. The molecule has 3 heterocycles. The quantitative estimate of drug-likeness (QED) is 0.482. The molecule has 12 heteroatoms. The Morgan fingerprint density at radius 2 is 1.81 bits per heavy atom. The Morgan fingerprint density at radius 1 is 1.06 bits per heavy atom. The molecule has 0 radical (unpaired) electrons. The standard InChI is InChI=1S/C20H15ClF3N7O/c1-12(13-2-5-15(6-3-13)30-11-25-10-28-30)29-16-9-27-31(19(32)18(16)21)17-7-4-14(8-26-17)20(22,23)24/h2-12,29H,1H3. The number of rotatable bonds is 5. The maximum atomic E-state index is 12.7. The number of hydrogen-bond acceptors (Lipinski definition) is 6. The lowest BCUT2D eigenvalue weighted by Crippen LogP contribution is -2.24. The molecule has 1 unspecified atom stereocenters. The number of halogens is 4. The van der Waals surface area contributed by atoms with E-state index >= 15 is 0 Å². The van der Waals surface area contributed by atoms with Crippen LogP contribution >= 0.6 is 11.6 Å². The van der Waals surface area contributed by atoms with Gasteiger partial charge in [-0.25, -0.2) is 14.6 Å². The van der Waals surface area contributed by atoms with Crippen LogP contribution in [-0.4, -0.2) is 29.5 Å². The molecule has 0 aliphatic heterocycles. The number of benzene rings is 1. The van der Waals surface area contributed by atoms with Crippen molar-refractivity contribution in [3.63, 3.8) is 0 Å². The first-order valence-corrected chi connectivity index (χ1v) is 9.65. The predicted octanol–water partition coefficient (Wildman–Crippen LogP) is 4.05. The van der Waals surface area contributed by atoms with Crippen molar-refractivity contribution in [2.24, 2.45) is 0 Å². The van der Waals surface area contributed by atoms with E-state index in [0.717, 1.165) is 28.1 Å². The Kier molecular flexibility index (Phi) is 5.66. The number of hydrogen-bond donors (Lipinski definition) is 1. The molecule has 0 spiro atoms. The minimum Gasteiger partial charge on any atom is -0.376 e. The van der Waals surface area contributed by atoms with Crippen molar-refractivity contribution in [2.45, 2.75) is 19.1 Å². The first-order valence-electron chi connectivity index (χ1n) is 9.27. The second-order valence-corrected chi connectivity index (χ2v) is 7.17. The third-order valence-electron chi connectivity index (χ3n) is 4.66. The number of nitrogens with one attached hydrogen (secondary N) is 1. The summed E-state index contributed by atoms with van der Waals surface area (Å²) < 4.78 is 40.6. The molecule has 1 atom stereocenters. The van der Waals surface area contributed by atoms with Crippen molar-refractivity contribution in [3.8, 4) is 11.5 Å². The average molecular weight is 462 g/mol. The second-order valence-electron chi connectivity index (χ2n) is 6.79. The van der Waals surface area contributed by atoms with Gasteiger partial charge in [-0.2, -0.15) is 28.1 Å². The van der Waals surface area contributed by atoms with E-state index in [4.69, 9.17) is 11.6 Å². The van der Waals surface area contributed by atoms with Crippen LogP contribution in [0, 0.1) is 0 Å². The molecule has 32 heavy (non-hydrogen) atoms. The van der Waals surface area contributed by atoms with Crippen molar-refractivity contribution < 1.29 is 13.2 Å². The van der Waals surface area contributed by atoms with Gasteiger partial charge in [0.1, 0.15) is 17.7 Å². The van der Waals surface area contributed by atoms with Crippen LogP contribution in [-0.2, 0) is 6.18 Å². The Labute approximate surface area is 184 Å². The summed E-state index contributed by atoms with van der Waals surface area (Å²) in [6.07, 6.45) is 0.453. The topological polar surface area (TPSA) is 90.5 Å². The van der Waals surface area contributed by atoms with E-state index in [2.05, 4.69) is 25.5 Å². The molecular formula is C20H15ClF3N7O. The fourth-order valence-corrected chi connectivity index (χ4v) is 3.13. The smallest absolute Gasteiger partial charge is 0.376 e. The highest BCUT2D eigenvalue weighted by atomic mass is 35.5. The second kappa shape index (κ2) is 8.42. The van der Waals surface area contributed by atoms with Gasteiger partial charge in [-0.3, -0.25) is 4.79 Å². The van der Waals surface area contributed by atoms with Gasteiger partial charge in [-0.1, -0.05) is 23.7 Å². The number of aromatic nitrogens is 6. The summed E-state index contributed by atoms with van der Waals surface area (Å²) in [4.78, 5) is 20.2. The third kappa shape index (κ3) is 4.33. The fourth-order valence-electron chi connectivity index (χ4n) is 2.95. The zero-order valence-corrected chi connectivity index (χ0v) is 17.2. The van der Waals surface area contributed by atoms with Crippen molar-refractivity contribution in [1.82, 2.24) is 29.5 Å². The number of alkyl halides is 3. The largest absolute Gasteiger partial charge is 0.417 e. The van der Waals surface area contributed by atoms with E-state index < -0.39 is 17.3 Å². The Balaban J connectivity index is 1.54. The highest BCUT2D eigenvalue weighted by molar-refractivity contribution is 6.32. The lowest BCUT2D eigenvalue weighted by atomic mass is 10.1. The Bertz CT molecular complexity index is 1270. The molecule has 0 aliphatic carbocycles. The van der Waals surface area contributed by atoms with E-state index in [1.807, 2.05) is 31.2 Å². The van der Waals surface area contributed by atoms with Crippen LogP contribution in [0.5, 0.6) is 0 Å². The van der Waals surface area contributed by atoms with Crippen LogP contribution in [0.4, 0.5) is 18.9 Å². The van der Waals surface area contributed by atoms with Crippen molar-refractivity contribution >= 4 is 17.3 Å². The molecule has 164 valence electrons. The van der Waals surface area contributed by atoms with Gasteiger partial charge < -0.3 is 5.32 Å². The molecule has 0 saturated carbocycles. The van der Waals surface area contributed by atoms with Crippen LogP contribution in [0.3, 0.4) is 0 Å². The van der Waals surface area contributed by atoms with Crippen LogP contribution in [0.1, 0.15) is 24.1 Å². The molecule has 0 fully saturated rings. The molecule has 0 bridgehead atoms. The van der Waals surface area contributed by atoms with E-state index in [1.54, 1.807) is 11.0 Å². The van der Waals surface area contributed by atoms with Gasteiger partial charge in [0.15, 0.2) is 5.82 Å². The zero-order valence-electron chi connectivity index (χ0n) is 16.5. The van der Waals surface area contributed by atoms with Crippen LogP contribution in [0.15, 0.2) is 66.2 Å². The van der Waals surface area contributed by atoms with Crippen LogP contribution in [0.25, 0.3) is 11.5 Å². The molecule has 3 aromatic heterocycles. The summed E-state index contributed by atoms with van der Waals surface area (Å²) in [5.74, 6) is -0.0757. The van der Waals surface area contributed by atoms with Crippen molar-refractivity contribution in [2.75, 3.05) is 5.32 Å². The summed E-state index contributed by atoms with van der Waals surface area (Å²) in [6.45, 7) is 1.88. The first kappa shape index (κ1) is 21.5. The highest BCUT2D eigenvalue weighted by Crippen LogP contribution is 2.29. The first-order chi connectivity index (χ1) is 15.2. The van der Waals surface area contributed by atoms with Gasteiger partial charge in [0, 0.05) is 12.2 Å². The van der Waals surface area contributed by atoms with E-state index in [9.17, 15) is 18.0 Å². The highest BCUT2D eigenvalue weighted by Gasteiger charge is 2.30. The molecule has 0 aliphatic rings. The van der Waals surface area contributed by atoms with Gasteiger partial charge >= 0.3 is 6.18 Å². The summed E-state index contributed by atoms with van der Waals surface area (Å²) in [7, 11) is 0. The molecule has 1 N–H and O–H groups in total. The predicted molar refractivity (Wildman–Crippen MR) is 111 cm³/mol. The monoisotopic (exact) mass is 461 g/mol. The Hall–Kier alpha value is -3.73. The average Bonchev–Trinajstić information content (AvgIpc) is 3.32. The molecule has 4 rings (SSSR count). The molecule has 0 saturated heterocycles. The molecular weight excluding hydrogens is 447 g/mol. The van der Waals surface area contributed by atoms with Crippen LogP contribution < -0.4 is 10.9 Å². The van der Waals surface area contributed by atoms with Gasteiger partial charge in [-0.05, 0) is 36.8 Å². The third-order valence-corrected chi connectivity index (χ3v) is 5.02. The SMILES string of the molecule is CC(Nc1cnn(-c2ccc(C(F)(F)F)cn2)c(=O)c1Cl)c1ccc(-n2cncn2)cc1. The van der Waals surface area contributed by atoms with E-state index in [0.29, 0.717) is 6.20 Å². The maximum Gasteiger partial charge on any atom is 0.417 e. The summed E-state index contributed by atoms with van der Waals surface area (Å²) >= 11 is 6.21. The van der Waals surface area contributed by atoms with Gasteiger partial charge in [0.2, 0.25) is 0 Å². The minimum absolute atomic E-state index is 0.0757. The van der Waals surface area contributed by atoms with Gasteiger partial charge in [0.05, 0.1) is 23.1 Å². The van der Waals surface area contributed by atoms with Crippen LogP contribution in [0.2, 0.25) is 5.02 Å². The van der Waals surface area contributed by atoms with Gasteiger partial charge in [-0.15, -0.1) is 0 Å². The zero-order chi connectivity index (χ0) is 22.9. The van der Waals surface area contributed by atoms with E-state index in [1.165, 1.54) is 12.5 Å². The summed E-state index contributed by atoms with van der Waals surface area (Å²) in [5.41, 5.74) is 0.399. The Morgan fingerprint density at radius 3 is 2.41 bits per heavy atom. The van der Waals surface area contributed by atoms with Gasteiger partial charge in [0.25, 0.3) is 5.56 Å². The molecule has 4 aromatic rings. The maximum absolute atomic E-state index is 12.7. The number of pyridine rings is 1. The lowest BCUT2D eigenvalue weighted by molar-refractivity contribution is -0.137. The number of nitrogens with zero attached hydrogens (tertiary/aromatic N) is 6. The minimum atomic E-state index is -4.53. The molecule has 8 nitrogen and oxygen atoms in total. The molecule has 1 aromatic carbocycles. The fraction of sp³-hybridized carbons (Fsp3) is 0.150.